The summed E-state index contributed by atoms with van der Waals surface area (Å²) < 4.78 is 87.1. The summed E-state index contributed by atoms with van der Waals surface area (Å²) in [5, 5.41) is 0. The first-order valence-corrected chi connectivity index (χ1v) is 10.2. The number of benzene rings is 2. The van der Waals surface area contributed by atoms with Gasteiger partial charge in [0.15, 0.2) is 0 Å². The van der Waals surface area contributed by atoms with Gasteiger partial charge >= 0.3 is 0 Å². The van der Waals surface area contributed by atoms with E-state index in [1.807, 2.05) is 0 Å². The third-order valence-corrected chi connectivity index (χ3v) is 6.28. The molecule has 25 heavy (non-hydrogen) atoms. The first kappa shape index (κ1) is 26.5. The van der Waals surface area contributed by atoms with E-state index in [4.69, 9.17) is 9.11 Å². The Bertz CT molecular complexity index is 995. The summed E-state index contributed by atoms with van der Waals surface area (Å²) in [4.78, 5) is -2.16. The molecule has 2 aromatic rings. The predicted octanol–water partition coefficient (Wildman–Crippen LogP) is 0.251. The smallest absolute Gasteiger partial charge is 0.282 e. The van der Waals surface area contributed by atoms with Gasteiger partial charge in [-0.15, -0.1) is 0 Å². The van der Waals surface area contributed by atoms with E-state index in [-0.39, 0.29) is 103 Å². The van der Waals surface area contributed by atoms with Crippen LogP contribution in [0.1, 0.15) is 0 Å². The molecule has 0 bridgehead atoms. The molecule has 0 aliphatic rings. The Kier molecular flexibility index (Phi) is 10.4. The fourth-order valence-electron chi connectivity index (χ4n) is 1.74. The molecule has 8 nitrogen and oxygen atoms in total. The normalized spacial score (nSPS) is 11.9. The Hall–Kier alpha value is 1.48. The van der Waals surface area contributed by atoms with Gasteiger partial charge in [0.25, 0.3) is 20.2 Å². The average molecular weight is 457 g/mol. The van der Waals surface area contributed by atoms with Crippen LogP contribution in [0.2, 0.25) is 0 Å². The molecular formula is C12H10K2O8S3. The molecule has 0 fully saturated rings. The molecule has 2 aromatic carbocycles. The number of hydrogen-bond donors (Lipinski definition) is 2. The van der Waals surface area contributed by atoms with Crippen molar-refractivity contribution in [1.82, 2.24) is 0 Å². The molecule has 126 valence electrons. The zero-order chi connectivity index (χ0) is 17.5. The van der Waals surface area contributed by atoms with E-state index in [1.54, 1.807) is 0 Å². The van der Waals surface area contributed by atoms with E-state index in [9.17, 15) is 25.3 Å². The van der Waals surface area contributed by atoms with Crippen molar-refractivity contribution in [3.05, 3.63) is 48.5 Å². The Morgan fingerprint density at radius 3 is 1.12 bits per heavy atom. The van der Waals surface area contributed by atoms with E-state index in [2.05, 4.69) is 0 Å². The number of hydrogen-bond acceptors (Lipinski definition) is 6. The Morgan fingerprint density at radius 1 is 0.560 bits per heavy atom. The van der Waals surface area contributed by atoms with Crippen molar-refractivity contribution in [3.8, 4) is 0 Å². The third kappa shape index (κ3) is 6.79. The van der Waals surface area contributed by atoms with Gasteiger partial charge in [0.05, 0.1) is 19.6 Å². The summed E-state index contributed by atoms with van der Waals surface area (Å²) in [6.45, 7) is 0. The van der Waals surface area contributed by atoms with Crippen LogP contribution in [0.4, 0.5) is 0 Å². The minimum absolute atomic E-state index is 0. The topological polar surface area (TPSA) is 143 Å². The summed E-state index contributed by atoms with van der Waals surface area (Å²) in [6, 6.07) is 7.89. The van der Waals surface area contributed by atoms with E-state index in [0.29, 0.717) is 0 Å². The summed E-state index contributed by atoms with van der Waals surface area (Å²) in [6.07, 6.45) is 0. The quantitative estimate of drug-likeness (QED) is 0.492. The van der Waals surface area contributed by atoms with Gasteiger partial charge in [-0.25, -0.2) is 8.42 Å². The van der Waals surface area contributed by atoms with Crippen LogP contribution in [0, 0.1) is 0 Å². The van der Waals surface area contributed by atoms with Gasteiger partial charge in [0, 0.05) is 103 Å². The van der Waals surface area contributed by atoms with E-state index in [0.717, 1.165) is 48.5 Å². The Morgan fingerprint density at radius 2 is 0.840 bits per heavy atom. The summed E-state index contributed by atoms with van der Waals surface area (Å²) in [5.41, 5.74) is 0. The van der Waals surface area contributed by atoms with Crippen molar-refractivity contribution in [2.24, 2.45) is 0 Å². The van der Waals surface area contributed by atoms with Crippen LogP contribution < -0.4 is 0 Å². The molecule has 2 N–H and O–H groups in total. The zero-order valence-corrected chi connectivity index (χ0v) is 21.9. The number of rotatable bonds is 4. The van der Waals surface area contributed by atoms with Gasteiger partial charge in [-0.05, 0) is 36.4 Å². The SMILES string of the molecule is O=S(=O)(O)c1cccc(S(=O)(=O)c2cccc(S(=O)(=O)O)c2)c1.[K].[K]. The van der Waals surface area contributed by atoms with Gasteiger partial charge in [0.1, 0.15) is 0 Å². The van der Waals surface area contributed by atoms with Gasteiger partial charge in [0.2, 0.25) is 9.84 Å². The zero-order valence-electron chi connectivity index (χ0n) is 13.2. The largest absolute Gasteiger partial charge is 0.294 e. The molecule has 0 saturated carbocycles. The van der Waals surface area contributed by atoms with Crippen molar-refractivity contribution in [1.29, 1.82) is 0 Å². The molecule has 0 unspecified atom stereocenters. The molecule has 13 heteroatoms. The van der Waals surface area contributed by atoms with Crippen LogP contribution >= 0.6 is 0 Å². The third-order valence-electron chi connectivity index (χ3n) is 2.83. The molecule has 0 amide bonds. The summed E-state index contributed by atoms with van der Waals surface area (Å²) >= 11 is 0. The standard InChI is InChI=1S/C12H10O8S3.2K/c13-21(14,9-3-1-5-11(7-9)22(15,16)17)10-4-2-6-12(8-10)23(18,19)20;;/h1-8H,(H,15,16,17)(H,18,19,20);;. The first-order chi connectivity index (χ1) is 10.4. The van der Waals surface area contributed by atoms with Crippen molar-refractivity contribution in [3.63, 3.8) is 0 Å². The van der Waals surface area contributed by atoms with Crippen molar-refractivity contribution >= 4 is 133 Å². The molecule has 0 saturated heterocycles. The van der Waals surface area contributed by atoms with Gasteiger partial charge in [-0.2, -0.15) is 16.8 Å². The van der Waals surface area contributed by atoms with Crippen LogP contribution in [0.15, 0.2) is 68.1 Å². The number of sulfone groups is 1. The maximum atomic E-state index is 12.4. The van der Waals surface area contributed by atoms with E-state index in [1.165, 1.54) is 0 Å². The molecule has 0 spiro atoms. The van der Waals surface area contributed by atoms with Gasteiger partial charge in [-0.3, -0.25) is 9.11 Å². The van der Waals surface area contributed by atoms with Crippen LogP contribution in [0.5, 0.6) is 0 Å². The van der Waals surface area contributed by atoms with Crippen LogP contribution in [-0.2, 0) is 30.1 Å². The average Bonchev–Trinajstić information content (AvgIpc) is 2.46. The second-order valence-corrected chi connectivity index (χ2v) is 9.20. The minimum Gasteiger partial charge on any atom is -0.282 e. The van der Waals surface area contributed by atoms with Crippen LogP contribution in [-0.4, -0.2) is 137 Å². The fourth-order valence-corrected chi connectivity index (χ4v) is 4.29. The fraction of sp³-hybridized carbons (Fsp3) is 0. The second-order valence-electron chi connectivity index (χ2n) is 4.40. The molecule has 0 aliphatic carbocycles. The predicted molar refractivity (Wildman–Crippen MR) is 89.5 cm³/mol. The minimum atomic E-state index is -4.60. The van der Waals surface area contributed by atoms with Gasteiger partial charge < -0.3 is 0 Å². The van der Waals surface area contributed by atoms with E-state index < -0.39 is 49.7 Å². The summed E-state index contributed by atoms with van der Waals surface area (Å²) in [5.74, 6) is 0. The van der Waals surface area contributed by atoms with Crippen molar-refractivity contribution < 1.29 is 34.4 Å². The Balaban J connectivity index is 0.00000288. The monoisotopic (exact) mass is 456 g/mol. The molecule has 2 radical (unpaired) electrons. The summed E-state index contributed by atoms with van der Waals surface area (Å²) in [7, 11) is -13.5. The molecular weight excluding hydrogens is 447 g/mol. The van der Waals surface area contributed by atoms with Crippen LogP contribution in [0.3, 0.4) is 0 Å². The van der Waals surface area contributed by atoms with Crippen LogP contribution in [0.25, 0.3) is 0 Å². The maximum Gasteiger partial charge on any atom is 0.294 e. The first-order valence-electron chi connectivity index (χ1n) is 5.82. The van der Waals surface area contributed by atoms with Gasteiger partial charge in [-0.1, -0.05) is 12.1 Å². The molecule has 0 atom stereocenters. The second kappa shape index (κ2) is 9.80. The molecule has 0 aliphatic heterocycles. The molecule has 0 heterocycles. The molecule has 0 aromatic heterocycles. The van der Waals surface area contributed by atoms with Crippen molar-refractivity contribution in [2.45, 2.75) is 19.6 Å². The Labute approximate surface area is 230 Å². The van der Waals surface area contributed by atoms with Crippen molar-refractivity contribution in [2.75, 3.05) is 0 Å². The van der Waals surface area contributed by atoms with E-state index >= 15 is 0 Å². The molecule has 2 rings (SSSR count). The maximum absolute atomic E-state index is 12.4.